The summed E-state index contributed by atoms with van der Waals surface area (Å²) in [7, 11) is 2.83. The number of hydrogen-bond acceptors (Lipinski definition) is 5. The van der Waals surface area contributed by atoms with Gasteiger partial charge >= 0.3 is 5.97 Å². The summed E-state index contributed by atoms with van der Waals surface area (Å²) < 4.78 is 15.5. The van der Waals surface area contributed by atoms with Crippen molar-refractivity contribution >= 4 is 28.7 Å². The van der Waals surface area contributed by atoms with Crippen LogP contribution >= 0.6 is 0 Å². The molecule has 0 fully saturated rings. The first kappa shape index (κ1) is 18.3. The van der Waals surface area contributed by atoms with Gasteiger partial charge in [-0.2, -0.15) is 0 Å². The fourth-order valence-electron chi connectivity index (χ4n) is 2.66. The van der Waals surface area contributed by atoms with Gasteiger partial charge in [0.15, 0.2) is 18.1 Å². The number of fused-ring (bicyclic) bond motifs is 1. The maximum atomic E-state index is 12.5. The number of Topliss-reactive ketones (excluding diaryl/α,β-unsaturated/α-hetero) is 1. The van der Waals surface area contributed by atoms with Gasteiger partial charge in [0.1, 0.15) is 0 Å². The van der Waals surface area contributed by atoms with E-state index in [4.69, 9.17) is 9.47 Å². The van der Waals surface area contributed by atoms with Crippen LogP contribution < -0.4 is 9.47 Å². The van der Waals surface area contributed by atoms with Crippen LogP contribution in [0.2, 0.25) is 0 Å². The number of carbonyl (C=O) groups is 2. The monoisotopic (exact) mass is 365 g/mol. The number of para-hydroxylation sites is 1. The number of ketones is 1. The summed E-state index contributed by atoms with van der Waals surface area (Å²) in [4.78, 5) is 26.8. The second-order valence-corrected chi connectivity index (χ2v) is 5.73. The molecule has 0 bridgehead atoms. The molecule has 3 rings (SSSR count). The molecule has 0 unspecified atom stereocenters. The molecular formula is C21H19NO5. The van der Waals surface area contributed by atoms with E-state index in [0.29, 0.717) is 17.1 Å². The maximum absolute atomic E-state index is 12.5. The fourth-order valence-corrected chi connectivity index (χ4v) is 2.66. The molecule has 0 aliphatic rings. The number of ether oxygens (including phenoxy) is 3. The lowest BCUT2D eigenvalue weighted by molar-refractivity contribution is -0.134. The molecule has 27 heavy (non-hydrogen) atoms. The van der Waals surface area contributed by atoms with E-state index in [1.54, 1.807) is 30.5 Å². The quantitative estimate of drug-likeness (QED) is 0.393. The Morgan fingerprint density at radius 3 is 2.67 bits per heavy atom. The lowest BCUT2D eigenvalue weighted by Crippen LogP contribution is -2.11. The summed E-state index contributed by atoms with van der Waals surface area (Å²) in [5.74, 6) is 0.331. The average Bonchev–Trinajstić information content (AvgIpc) is 3.14. The molecule has 1 aromatic heterocycles. The van der Waals surface area contributed by atoms with E-state index < -0.39 is 5.97 Å². The van der Waals surface area contributed by atoms with Gasteiger partial charge < -0.3 is 19.2 Å². The Balaban J connectivity index is 1.72. The number of nitrogens with one attached hydrogen (secondary N) is 1. The molecule has 3 aromatic rings. The van der Waals surface area contributed by atoms with Crippen molar-refractivity contribution in [3.05, 3.63) is 65.9 Å². The number of aromatic nitrogens is 1. The smallest absolute Gasteiger partial charge is 0.330 e. The van der Waals surface area contributed by atoms with Crippen molar-refractivity contribution < 1.29 is 23.8 Å². The van der Waals surface area contributed by atoms with Crippen LogP contribution in [0.5, 0.6) is 11.5 Å². The average molecular weight is 365 g/mol. The number of methoxy groups -OCH3 is 2. The first-order valence-corrected chi connectivity index (χ1v) is 8.28. The molecule has 0 amide bonds. The van der Waals surface area contributed by atoms with E-state index in [2.05, 4.69) is 9.72 Å². The van der Waals surface area contributed by atoms with E-state index in [-0.39, 0.29) is 12.4 Å². The van der Waals surface area contributed by atoms with Crippen molar-refractivity contribution in [2.45, 2.75) is 0 Å². The summed E-state index contributed by atoms with van der Waals surface area (Å²) in [5.41, 5.74) is 2.23. The standard InChI is InChI=1S/C21H19NO5/c1-25-20-11-14(8-10-21(24)26-2)7-9-19(20)27-13-18(23)16-12-22-17-6-4-3-5-15(16)17/h3-12,22H,13H2,1-2H3/b10-8+. The zero-order valence-corrected chi connectivity index (χ0v) is 15.0. The van der Waals surface area contributed by atoms with Crippen LogP contribution in [0.4, 0.5) is 0 Å². The van der Waals surface area contributed by atoms with Gasteiger partial charge in [0.05, 0.1) is 14.2 Å². The molecule has 0 saturated heterocycles. The molecule has 6 nitrogen and oxygen atoms in total. The molecule has 1 N–H and O–H groups in total. The van der Waals surface area contributed by atoms with Gasteiger partial charge in [-0.15, -0.1) is 0 Å². The predicted octanol–water partition coefficient (Wildman–Crippen LogP) is 3.62. The van der Waals surface area contributed by atoms with E-state index >= 15 is 0 Å². The van der Waals surface area contributed by atoms with Crippen molar-refractivity contribution in [1.29, 1.82) is 0 Å². The van der Waals surface area contributed by atoms with Crippen LogP contribution in [0.25, 0.3) is 17.0 Å². The number of hydrogen-bond donors (Lipinski definition) is 1. The minimum Gasteiger partial charge on any atom is -0.493 e. The summed E-state index contributed by atoms with van der Waals surface area (Å²) in [6.07, 6.45) is 4.61. The zero-order valence-electron chi connectivity index (χ0n) is 15.0. The Labute approximate surface area is 156 Å². The normalized spacial score (nSPS) is 10.9. The molecule has 0 atom stereocenters. The van der Waals surface area contributed by atoms with Gasteiger partial charge in [-0.25, -0.2) is 4.79 Å². The highest BCUT2D eigenvalue weighted by atomic mass is 16.5. The molecule has 0 aliphatic carbocycles. The van der Waals surface area contributed by atoms with Crippen LogP contribution in [-0.4, -0.2) is 37.6 Å². The Kier molecular flexibility index (Phi) is 5.56. The molecule has 0 radical (unpaired) electrons. The number of benzene rings is 2. The lowest BCUT2D eigenvalue weighted by atomic mass is 10.1. The topological polar surface area (TPSA) is 77.6 Å². The van der Waals surface area contributed by atoms with Crippen LogP contribution in [0.1, 0.15) is 15.9 Å². The predicted molar refractivity (Wildman–Crippen MR) is 102 cm³/mol. The van der Waals surface area contributed by atoms with E-state index in [0.717, 1.165) is 16.5 Å². The Morgan fingerprint density at radius 2 is 1.89 bits per heavy atom. The van der Waals surface area contributed by atoms with Gasteiger partial charge in [0.2, 0.25) is 5.78 Å². The van der Waals surface area contributed by atoms with Gasteiger partial charge in [-0.1, -0.05) is 24.3 Å². The highest BCUT2D eigenvalue weighted by Gasteiger charge is 2.14. The maximum Gasteiger partial charge on any atom is 0.330 e. The highest BCUT2D eigenvalue weighted by molar-refractivity contribution is 6.08. The van der Waals surface area contributed by atoms with E-state index in [9.17, 15) is 9.59 Å². The zero-order chi connectivity index (χ0) is 19.2. The number of carbonyl (C=O) groups excluding carboxylic acids is 2. The van der Waals surface area contributed by atoms with Crippen molar-refractivity contribution in [3.8, 4) is 11.5 Å². The molecule has 0 aliphatic heterocycles. The number of rotatable bonds is 7. The second-order valence-electron chi connectivity index (χ2n) is 5.73. The van der Waals surface area contributed by atoms with Crippen LogP contribution in [0.3, 0.4) is 0 Å². The third-order valence-corrected chi connectivity index (χ3v) is 4.05. The van der Waals surface area contributed by atoms with Crippen molar-refractivity contribution in [3.63, 3.8) is 0 Å². The first-order chi connectivity index (χ1) is 13.1. The second kappa shape index (κ2) is 8.23. The minimum atomic E-state index is -0.446. The third-order valence-electron chi connectivity index (χ3n) is 4.05. The molecule has 1 heterocycles. The van der Waals surface area contributed by atoms with Crippen LogP contribution in [0, 0.1) is 0 Å². The number of esters is 1. The van der Waals surface area contributed by atoms with Crippen molar-refractivity contribution in [2.75, 3.05) is 20.8 Å². The summed E-state index contributed by atoms with van der Waals surface area (Å²) in [6, 6.07) is 12.8. The highest BCUT2D eigenvalue weighted by Crippen LogP contribution is 2.29. The Morgan fingerprint density at radius 1 is 1.07 bits per heavy atom. The minimum absolute atomic E-state index is 0.116. The first-order valence-electron chi connectivity index (χ1n) is 8.28. The van der Waals surface area contributed by atoms with Gasteiger partial charge in [-0.05, 0) is 29.8 Å². The summed E-state index contributed by atoms with van der Waals surface area (Å²) >= 11 is 0. The molecule has 2 aromatic carbocycles. The SMILES string of the molecule is COC(=O)/C=C/c1ccc(OCC(=O)c2c[nH]c3ccccc23)c(OC)c1. The van der Waals surface area contributed by atoms with E-state index in [1.165, 1.54) is 20.3 Å². The summed E-state index contributed by atoms with van der Waals surface area (Å²) in [5, 5.41) is 0.862. The van der Waals surface area contributed by atoms with Crippen molar-refractivity contribution in [2.24, 2.45) is 0 Å². The van der Waals surface area contributed by atoms with Crippen molar-refractivity contribution in [1.82, 2.24) is 4.98 Å². The number of H-pyrrole nitrogens is 1. The Bertz CT molecular complexity index is 1000. The summed E-state index contributed by atoms with van der Waals surface area (Å²) in [6.45, 7) is -0.116. The molecule has 0 spiro atoms. The Hall–Kier alpha value is -3.54. The lowest BCUT2D eigenvalue weighted by Gasteiger charge is -2.10. The molecule has 6 heteroatoms. The third kappa shape index (κ3) is 4.17. The fraction of sp³-hybridized carbons (Fsp3) is 0.143. The molecule has 138 valence electrons. The number of aromatic amines is 1. The largest absolute Gasteiger partial charge is 0.493 e. The van der Waals surface area contributed by atoms with Gasteiger partial charge in [-0.3, -0.25) is 4.79 Å². The van der Waals surface area contributed by atoms with Crippen LogP contribution in [-0.2, 0) is 9.53 Å². The van der Waals surface area contributed by atoms with Gasteiger partial charge in [0, 0.05) is 28.7 Å². The molecular weight excluding hydrogens is 346 g/mol. The molecule has 0 saturated carbocycles. The van der Waals surface area contributed by atoms with Crippen LogP contribution in [0.15, 0.2) is 54.7 Å². The van der Waals surface area contributed by atoms with E-state index in [1.807, 2.05) is 24.3 Å². The van der Waals surface area contributed by atoms with Gasteiger partial charge in [0.25, 0.3) is 0 Å².